The number of ether oxygens (including phenoxy) is 1. The second-order valence-corrected chi connectivity index (χ2v) is 4.43. The van der Waals surface area contributed by atoms with Gasteiger partial charge in [-0.25, -0.2) is 4.79 Å². The Morgan fingerprint density at radius 3 is 3.12 bits per heavy atom. The third-order valence-corrected chi connectivity index (χ3v) is 3.59. The van der Waals surface area contributed by atoms with Crippen LogP contribution in [-0.4, -0.2) is 35.9 Å². The first kappa shape index (κ1) is 10.4. The number of rotatable bonds is 0. The minimum atomic E-state index is -0.995. The highest BCUT2D eigenvalue weighted by molar-refractivity contribution is 5.72. The molecule has 1 fully saturated rings. The molecule has 1 aromatic carbocycles. The molecule has 0 aromatic heterocycles. The lowest BCUT2D eigenvalue weighted by Gasteiger charge is -2.27. The van der Waals surface area contributed by atoms with Crippen molar-refractivity contribution in [1.82, 2.24) is 4.90 Å². The van der Waals surface area contributed by atoms with Crippen LogP contribution in [0.25, 0.3) is 0 Å². The normalized spacial score (nSPS) is 29.5. The molecule has 0 aliphatic carbocycles. The van der Waals surface area contributed by atoms with E-state index in [0.717, 1.165) is 11.3 Å². The Morgan fingerprint density at radius 2 is 2.35 bits per heavy atom. The molecule has 2 N–H and O–H groups in total. The van der Waals surface area contributed by atoms with Crippen molar-refractivity contribution in [3.05, 3.63) is 29.8 Å². The van der Waals surface area contributed by atoms with Gasteiger partial charge in [0.05, 0.1) is 7.11 Å². The van der Waals surface area contributed by atoms with Crippen molar-refractivity contribution >= 4 is 11.8 Å². The smallest absolute Gasteiger partial charge is 0.411 e. The van der Waals surface area contributed by atoms with E-state index in [9.17, 15) is 9.90 Å². The Bertz CT molecular complexity index is 477. The average Bonchev–Trinajstić information content (AvgIpc) is 2.81. The van der Waals surface area contributed by atoms with E-state index in [4.69, 9.17) is 4.74 Å². The SMILES string of the molecule is COC(=O)N1CC[C@]2(O)c3ccccc3N[C@H]12. The topological polar surface area (TPSA) is 61.8 Å². The second kappa shape index (κ2) is 3.37. The summed E-state index contributed by atoms with van der Waals surface area (Å²) in [7, 11) is 1.35. The van der Waals surface area contributed by atoms with Crippen molar-refractivity contribution in [2.45, 2.75) is 18.2 Å². The molecule has 2 atom stereocenters. The molecule has 1 amide bonds. The molecule has 0 bridgehead atoms. The third-order valence-electron chi connectivity index (χ3n) is 3.59. The highest BCUT2D eigenvalue weighted by Crippen LogP contribution is 2.46. The fourth-order valence-electron chi connectivity index (χ4n) is 2.74. The van der Waals surface area contributed by atoms with Crippen LogP contribution in [0.15, 0.2) is 24.3 Å². The Labute approximate surface area is 99.0 Å². The molecule has 2 aliphatic rings. The van der Waals surface area contributed by atoms with Gasteiger partial charge in [-0.15, -0.1) is 0 Å². The number of aliphatic hydroxyl groups is 1. The first-order valence-corrected chi connectivity index (χ1v) is 5.60. The molecule has 5 nitrogen and oxygen atoms in total. The van der Waals surface area contributed by atoms with E-state index in [-0.39, 0.29) is 0 Å². The summed E-state index contributed by atoms with van der Waals surface area (Å²) in [5.74, 6) is 0. The van der Waals surface area contributed by atoms with E-state index >= 15 is 0 Å². The number of hydrogen-bond donors (Lipinski definition) is 2. The van der Waals surface area contributed by atoms with Crippen molar-refractivity contribution in [2.75, 3.05) is 19.0 Å². The van der Waals surface area contributed by atoms with Crippen LogP contribution in [0.5, 0.6) is 0 Å². The van der Waals surface area contributed by atoms with Crippen molar-refractivity contribution < 1.29 is 14.6 Å². The van der Waals surface area contributed by atoms with Gasteiger partial charge in [-0.3, -0.25) is 4.90 Å². The van der Waals surface area contributed by atoms with Gasteiger partial charge in [0.2, 0.25) is 0 Å². The molecule has 0 radical (unpaired) electrons. The lowest BCUT2D eigenvalue weighted by atomic mass is 9.93. The first-order valence-electron chi connectivity index (χ1n) is 5.60. The lowest BCUT2D eigenvalue weighted by molar-refractivity contribution is 0.0190. The monoisotopic (exact) mass is 234 g/mol. The predicted molar refractivity (Wildman–Crippen MR) is 61.5 cm³/mol. The molecule has 0 spiro atoms. The van der Waals surface area contributed by atoms with Gasteiger partial charge in [-0.2, -0.15) is 0 Å². The summed E-state index contributed by atoms with van der Waals surface area (Å²) in [5, 5.41) is 13.9. The van der Waals surface area contributed by atoms with E-state index in [1.165, 1.54) is 12.0 Å². The molecule has 3 rings (SSSR count). The van der Waals surface area contributed by atoms with Crippen LogP contribution >= 0.6 is 0 Å². The van der Waals surface area contributed by atoms with Gasteiger partial charge in [0, 0.05) is 24.2 Å². The lowest BCUT2D eigenvalue weighted by Crippen LogP contribution is -2.46. The molecular formula is C12H14N2O3. The van der Waals surface area contributed by atoms with Gasteiger partial charge in [0.15, 0.2) is 0 Å². The Kier molecular flexibility index (Phi) is 2.06. The van der Waals surface area contributed by atoms with E-state index in [1.807, 2.05) is 24.3 Å². The van der Waals surface area contributed by atoms with E-state index in [0.29, 0.717) is 13.0 Å². The van der Waals surface area contributed by atoms with Crippen molar-refractivity contribution in [2.24, 2.45) is 0 Å². The second-order valence-electron chi connectivity index (χ2n) is 4.43. The number of amides is 1. The summed E-state index contributed by atoms with van der Waals surface area (Å²) >= 11 is 0. The molecule has 1 aromatic rings. The Hall–Kier alpha value is -1.75. The summed E-state index contributed by atoms with van der Waals surface area (Å²) in [6, 6.07) is 7.59. The molecule has 90 valence electrons. The number of nitrogens with one attached hydrogen (secondary N) is 1. The number of benzene rings is 1. The fourth-order valence-corrected chi connectivity index (χ4v) is 2.74. The van der Waals surface area contributed by atoms with Crippen molar-refractivity contribution in [3.63, 3.8) is 0 Å². The van der Waals surface area contributed by atoms with Crippen LogP contribution in [0.4, 0.5) is 10.5 Å². The standard InChI is InChI=1S/C12H14N2O3/c1-17-11(15)14-7-6-12(16)8-4-2-3-5-9(8)13-10(12)14/h2-5,10,13,16H,6-7H2,1H3/t10-,12+/m1/s1. The largest absolute Gasteiger partial charge is 0.453 e. The van der Waals surface area contributed by atoms with Gasteiger partial charge in [0.1, 0.15) is 11.8 Å². The van der Waals surface area contributed by atoms with E-state index < -0.39 is 17.9 Å². The first-order chi connectivity index (χ1) is 8.16. The van der Waals surface area contributed by atoms with E-state index in [1.54, 1.807) is 0 Å². The van der Waals surface area contributed by atoms with Crippen LogP contribution in [-0.2, 0) is 10.3 Å². The van der Waals surface area contributed by atoms with Gasteiger partial charge in [0.25, 0.3) is 0 Å². The predicted octanol–water partition coefficient (Wildman–Crippen LogP) is 1.10. The summed E-state index contributed by atoms with van der Waals surface area (Å²) in [6.45, 7) is 0.495. The van der Waals surface area contributed by atoms with E-state index in [2.05, 4.69) is 5.32 Å². The molecule has 5 heteroatoms. The summed E-state index contributed by atoms with van der Waals surface area (Å²) < 4.78 is 4.72. The minimum Gasteiger partial charge on any atom is -0.453 e. The van der Waals surface area contributed by atoms with Crippen molar-refractivity contribution in [1.29, 1.82) is 0 Å². The van der Waals surface area contributed by atoms with Gasteiger partial charge < -0.3 is 15.2 Å². The fraction of sp³-hybridized carbons (Fsp3) is 0.417. The number of nitrogens with zero attached hydrogens (tertiary/aromatic N) is 1. The quantitative estimate of drug-likeness (QED) is 0.705. The third kappa shape index (κ3) is 1.26. The summed E-state index contributed by atoms with van der Waals surface area (Å²) in [5.41, 5.74) is 0.745. The molecule has 2 aliphatic heterocycles. The maximum absolute atomic E-state index is 11.6. The number of fused-ring (bicyclic) bond motifs is 3. The number of carbonyl (C=O) groups is 1. The number of likely N-dealkylation sites (tertiary alicyclic amines) is 1. The number of para-hydroxylation sites is 1. The number of hydrogen-bond acceptors (Lipinski definition) is 4. The van der Waals surface area contributed by atoms with Gasteiger partial charge in [-0.05, 0) is 6.07 Å². The number of methoxy groups -OCH3 is 1. The molecule has 2 heterocycles. The zero-order valence-electron chi connectivity index (χ0n) is 9.51. The zero-order valence-corrected chi connectivity index (χ0v) is 9.51. The van der Waals surface area contributed by atoms with Gasteiger partial charge >= 0.3 is 6.09 Å². The van der Waals surface area contributed by atoms with Crippen LogP contribution in [0, 0.1) is 0 Å². The van der Waals surface area contributed by atoms with Crippen LogP contribution < -0.4 is 5.32 Å². The molecular weight excluding hydrogens is 220 g/mol. The summed E-state index contributed by atoms with van der Waals surface area (Å²) in [6.07, 6.45) is -0.310. The van der Waals surface area contributed by atoms with Gasteiger partial charge in [-0.1, -0.05) is 18.2 Å². The molecule has 0 saturated carbocycles. The zero-order chi connectivity index (χ0) is 12.0. The maximum atomic E-state index is 11.6. The number of anilines is 1. The van der Waals surface area contributed by atoms with Crippen molar-refractivity contribution in [3.8, 4) is 0 Å². The van der Waals surface area contributed by atoms with Crippen LogP contribution in [0.2, 0.25) is 0 Å². The highest BCUT2D eigenvalue weighted by Gasteiger charge is 2.54. The van der Waals surface area contributed by atoms with Crippen LogP contribution in [0.1, 0.15) is 12.0 Å². The maximum Gasteiger partial charge on any atom is 0.411 e. The molecule has 1 saturated heterocycles. The molecule has 0 unspecified atom stereocenters. The average molecular weight is 234 g/mol. The Morgan fingerprint density at radius 1 is 1.59 bits per heavy atom. The Balaban J connectivity index is 2.00. The molecule has 17 heavy (non-hydrogen) atoms. The minimum absolute atomic E-state index is 0.411. The number of carbonyl (C=O) groups excluding carboxylic acids is 1. The van der Waals surface area contributed by atoms with Crippen LogP contribution in [0.3, 0.4) is 0 Å². The summed E-state index contributed by atoms with van der Waals surface area (Å²) in [4.78, 5) is 13.1. The highest BCUT2D eigenvalue weighted by atomic mass is 16.5.